The molecule has 3 rings (SSSR count). The van der Waals surface area contributed by atoms with Gasteiger partial charge in [-0.15, -0.1) is 0 Å². The Balaban J connectivity index is 1.46. The van der Waals surface area contributed by atoms with Gasteiger partial charge in [-0.05, 0) is 54.6 Å². The van der Waals surface area contributed by atoms with E-state index in [2.05, 4.69) is 10.3 Å². The molecule has 28 heavy (non-hydrogen) atoms. The Bertz CT molecular complexity index is 1010. The summed E-state index contributed by atoms with van der Waals surface area (Å²) in [4.78, 5) is 27.2. The molecule has 0 unspecified atom stereocenters. The van der Waals surface area contributed by atoms with Gasteiger partial charge in [0.15, 0.2) is 0 Å². The summed E-state index contributed by atoms with van der Waals surface area (Å²) in [5, 5.41) is 3.79. The molecular weight excluding hydrogens is 356 g/mol. The van der Waals surface area contributed by atoms with E-state index in [1.165, 1.54) is 0 Å². The highest BCUT2D eigenvalue weighted by molar-refractivity contribution is 5.82. The van der Waals surface area contributed by atoms with Crippen LogP contribution < -0.4 is 20.3 Å². The van der Waals surface area contributed by atoms with Crippen LogP contribution in [0.2, 0.25) is 0 Å². The Morgan fingerprint density at radius 3 is 2.61 bits per heavy atom. The van der Waals surface area contributed by atoms with Gasteiger partial charge in [0, 0.05) is 12.0 Å². The number of methoxy groups -OCH3 is 1. The lowest BCUT2D eigenvalue weighted by Crippen LogP contribution is -2.28. The number of H-pyrrole nitrogens is 1. The van der Waals surface area contributed by atoms with Gasteiger partial charge < -0.3 is 19.8 Å². The van der Waals surface area contributed by atoms with Crippen LogP contribution in [0.25, 0.3) is 10.9 Å². The average molecular weight is 380 g/mol. The Kier molecular flexibility index (Phi) is 6.32. The highest BCUT2D eigenvalue weighted by atomic mass is 16.5. The van der Waals surface area contributed by atoms with Crippen LogP contribution in [-0.4, -0.2) is 31.2 Å². The van der Waals surface area contributed by atoms with Crippen LogP contribution in [0.5, 0.6) is 11.5 Å². The molecule has 1 aromatic heterocycles. The molecule has 6 heteroatoms. The first-order valence-corrected chi connectivity index (χ1v) is 9.22. The fourth-order valence-electron chi connectivity index (χ4n) is 2.98. The van der Waals surface area contributed by atoms with E-state index in [0.29, 0.717) is 30.9 Å². The summed E-state index contributed by atoms with van der Waals surface area (Å²) in [5.41, 5.74) is 2.34. The van der Waals surface area contributed by atoms with Crippen molar-refractivity contribution >= 4 is 16.8 Å². The predicted molar refractivity (Wildman–Crippen MR) is 109 cm³/mol. The molecule has 1 heterocycles. The number of hydrogen-bond acceptors (Lipinski definition) is 4. The van der Waals surface area contributed by atoms with Crippen LogP contribution in [0.1, 0.15) is 17.5 Å². The first-order valence-electron chi connectivity index (χ1n) is 9.22. The van der Waals surface area contributed by atoms with E-state index in [0.717, 1.165) is 22.2 Å². The molecule has 0 fully saturated rings. The van der Waals surface area contributed by atoms with E-state index in [4.69, 9.17) is 9.47 Å². The predicted octanol–water partition coefficient (Wildman–Crippen LogP) is 2.97. The molecule has 0 saturated carbocycles. The monoisotopic (exact) mass is 380 g/mol. The van der Waals surface area contributed by atoms with Gasteiger partial charge in [-0.25, -0.2) is 0 Å². The molecular formula is C22H24N2O4. The number of aromatic nitrogens is 1. The molecule has 2 N–H and O–H groups in total. The molecule has 0 spiro atoms. The van der Waals surface area contributed by atoms with Crippen molar-refractivity contribution in [3.8, 4) is 11.5 Å². The smallest absolute Gasteiger partial charge is 0.251 e. The van der Waals surface area contributed by atoms with Crippen molar-refractivity contribution in [3.05, 3.63) is 70.0 Å². The Morgan fingerprint density at radius 2 is 1.86 bits per heavy atom. The number of hydrogen-bond donors (Lipinski definition) is 2. The first-order chi connectivity index (χ1) is 13.6. The molecule has 2 aromatic carbocycles. The molecule has 1 amide bonds. The fourth-order valence-corrected chi connectivity index (χ4v) is 2.98. The lowest BCUT2D eigenvalue weighted by Gasteiger charge is -2.09. The highest BCUT2D eigenvalue weighted by Crippen LogP contribution is 2.17. The molecule has 0 atom stereocenters. The van der Waals surface area contributed by atoms with Crippen molar-refractivity contribution < 1.29 is 14.3 Å². The summed E-state index contributed by atoms with van der Waals surface area (Å²) in [5.74, 6) is 1.37. The molecule has 0 bridgehead atoms. The lowest BCUT2D eigenvalue weighted by molar-refractivity contribution is -0.121. The van der Waals surface area contributed by atoms with Gasteiger partial charge in [0.1, 0.15) is 18.1 Å². The van der Waals surface area contributed by atoms with Gasteiger partial charge in [0.2, 0.25) is 5.91 Å². The van der Waals surface area contributed by atoms with Crippen molar-refractivity contribution in [2.45, 2.75) is 19.8 Å². The number of aryl methyl sites for hydroxylation is 2. The normalized spacial score (nSPS) is 10.6. The van der Waals surface area contributed by atoms with Gasteiger partial charge in [-0.1, -0.05) is 18.2 Å². The molecule has 0 aliphatic carbocycles. The van der Waals surface area contributed by atoms with E-state index in [-0.39, 0.29) is 17.9 Å². The van der Waals surface area contributed by atoms with Gasteiger partial charge in [0.05, 0.1) is 19.2 Å². The summed E-state index contributed by atoms with van der Waals surface area (Å²) in [7, 11) is 1.61. The SMILES string of the molecule is COc1ccc(OCCNC(=O)CCc2cc3cccc(C)c3[nH]c2=O)cc1. The number of rotatable bonds is 8. The fraction of sp³-hybridized carbons (Fsp3) is 0.273. The minimum absolute atomic E-state index is 0.109. The van der Waals surface area contributed by atoms with Gasteiger partial charge in [-0.2, -0.15) is 0 Å². The van der Waals surface area contributed by atoms with Crippen LogP contribution in [0.15, 0.2) is 53.3 Å². The third-order valence-electron chi connectivity index (χ3n) is 4.54. The number of carbonyl (C=O) groups is 1. The topological polar surface area (TPSA) is 80.4 Å². The van der Waals surface area contributed by atoms with E-state index < -0.39 is 0 Å². The third-order valence-corrected chi connectivity index (χ3v) is 4.54. The number of para-hydroxylation sites is 1. The maximum absolute atomic E-state index is 12.2. The minimum atomic E-state index is -0.141. The number of aromatic amines is 1. The van der Waals surface area contributed by atoms with Crippen molar-refractivity contribution in [2.75, 3.05) is 20.3 Å². The maximum Gasteiger partial charge on any atom is 0.251 e. The van der Waals surface area contributed by atoms with Crippen LogP contribution in [-0.2, 0) is 11.2 Å². The van der Waals surface area contributed by atoms with E-state index in [1.807, 2.05) is 55.5 Å². The standard InChI is InChI=1S/C22H24N2O4/c1-15-4-3-5-16-14-17(22(26)24-21(15)16)6-11-20(25)23-12-13-28-19-9-7-18(27-2)8-10-19/h3-5,7-10,14H,6,11-13H2,1-2H3,(H,23,25)(H,24,26). The maximum atomic E-state index is 12.2. The van der Waals surface area contributed by atoms with Gasteiger partial charge >= 0.3 is 0 Å². The zero-order valence-corrected chi connectivity index (χ0v) is 16.1. The van der Waals surface area contributed by atoms with Crippen LogP contribution in [0.4, 0.5) is 0 Å². The summed E-state index contributed by atoms with van der Waals surface area (Å²) in [6, 6.07) is 15.0. The summed E-state index contributed by atoms with van der Waals surface area (Å²) in [6.07, 6.45) is 0.646. The number of ether oxygens (including phenoxy) is 2. The van der Waals surface area contributed by atoms with Crippen molar-refractivity contribution in [2.24, 2.45) is 0 Å². The Hall–Kier alpha value is -3.28. The van der Waals surface area contributed by atoms with Crippen LogP contribution in [0, 0.1) is 6.92 Å². The Morgan fingerprint density at radius 1 is 1.11 bits per heavy atom. The van der Waals surface area contributed by atoms with E-state index >= 15 is 0 Å². The summed E-state index contributed by atoms with van der Waals surface area (Å²) >= 11 is 0. The number of benzene rings is 2. The van der Waals surface area contributed by atoms with Gasteiger partial charge in [0.25, 0.3) is 5.56 Å². The van der Waals surface area contributed by atoms with E-state index in [9.17, 15) is 9.59 Å². The number of pyridine rings is 1. The largest absolute Gasteiger partial charge is 0.497 e. The van der Waals surface area contributed by atoms with Gasteiger partial charge in [-0.3, -0.25) is 9.59 Å². The number of amides is 1. The molecule has 0 aliphatic rings. The highest BCUT2D eigenvalue weighted by Gasteiger charge is 2.08. The third kappa shape index (κ3) is 4.91. The average Bonchev–Trinajstić information content (AvgIpc) is 2.71. The minimum Gasteiger partial charge on any atom is -0.497 e. The molecule has 0 saturated heterocycles. The quantitative estimate of drug-likeness (QED) is 0.589. The number of carbonyl (C=O) groups excluding carboxylic acids is 1. The molecule has 0 radical (unpaired) electrons. The molecule has 3 aromatic rings. The number of nitrogens with one attached hydrogen (secondary N) is 2. The molecule has 0 aliphatic heterocycles. The molecule has 146 valence electrons. The summed E-state index contributed by atoms with van der Waals surface area (Å²) in [6.45, 7) is 2.73. The molecule has 6 nitrogen and oxygen atoms in total. The second-order valence-electron chi connectivity index (χ2n) is 6.54. The van der Waals surface area contributed by atoms with E-state index in [1.54, 1.807) is 7.11 Å². The van der Waals surface area contributed by atoms with Crippen molar-refractivity contribution in [1.82, 2.24) is 10.3 Å². The zero-order valence-electron chi connectivity index (χ0n) is 16.1. The second kappa shape index (κ2) is 9.08. The lowest BCUT2D eigenvalue weighted by atomic mass is 10.1. The van der Waals surface area contributed by atoms with Crippen LogP contribution >= 0.6 is 0 Å². The van der Waals surface area contributed by atoms with Crippen LogP contribution in [0.3, 0.4) is 0 Å². The Labute approximate surface area is 163 Å². The van der Waals surface area contributed by atoms with Crippen molar-refractivity contribution in [1.29, 1.82) is 0 Å². The van der Waals surface area contributed by atoms with Crippen molar-refractivity contribution in [3.63, 3.8) is 0 Å². The first kappa shape index (κ1) is 19.5. The summed E-state index contributed by atoms with van der Waals surface area (Å²) < 4.78 is 10.7. The zero-order chi connectivity index (χ0) is 19.9. The second-order valence-corrected chi connectivity index (χ2v) is 6.54. The number of fused-ring (bicyclic) bond motifs is 1.